The molecule has 2 rings (SSSR count). The van der Waals surface area contributed by atoms with Crippen molar-refractivity contribution in [2.45, 2.75) is 11.8 Å². The van der Waals surface area contributed by atoms with E-state index in [0.29, 0.717) is 5.88 Å². The van der Waals surface area contributed by atoms with Crippen molar-refractivity contribution in [1.82, 2.24) is 10.2 Å². The first-order valence-electron chi connectivity index (χ1n) is 5.31. The number of hydrogen-bond donors (Lipinski definition) is 1. The highest BCUT2D eigenvalue weighted by Gasteiger charge is 2.03. The summed E-state index contributed by atoms with van der Waals surface area (Å²) in [5, 5.41) is 6.61. The van der Waals surface area contributed by atoms with Gasteiger partial charge in [-0.25, -0.2) is 5.10 Å². The summed E-state index contributed by atoms with van der Waals surface area (Å²) in [4.78, 5) is 1.21. The van der Waals surface area contributed by atoms with Gasteiger partial charge in [-0.3, -0.25) is 0 Å². The number of thioether (sulfide) groups is 1. The van der Waals surface area contributed by atoms with Gasteiger partial charge in [0.25, 0.3) is 0 Å². The monoisotopic (exact) mass is 246 g/mol. The molecule has 1 N–H and O–H groups in total. The topological polar surface area (TPSA) is 37.9 Å². The molecule has 17 heavy (non-hydrogen) atoms. The smallest absolute Gasteiger partial charge is 0.215 e. The fourth-order valence-corrected chi connectivity index (χ4v) is 2.17. The first kappa shape index (κ1) is 11.8. The predicted octanol–water partition coefficient (Wildman–Crippen LogP) is 3.79. The lowest BCUT2D eigenvalue weighted by Crippen LogP contribution is -1.87. The number of nitrogens with zero attached hydrogens (tertiary/aromatic N) is 1. The third-order valence-electron chi connectivity index (χ3n) is 2.22. The minimum atomic E-state index is 0.647. The van der Waals surface area contributed by atoms with E-state index in [1.807, 2.05) is 18.2 Å². The molecule has 4 heteroatoms. The zero-order valence-electron chi connectivity index (χ0n) is 9.64. The van der Waals surface area contributed by atoms with Crippen LogP contribution in [0.3, 0.4) is 0 Å². The maximum absolute atomic E-state index is 5.64. The molecule has 0 atom stereocenters. The molecule has 1 aromatic heterocycles. The molecule has 88 valence electrons. The molecule has 0 amide bonds. The van der Waals surface area contributed by atoms with Gasteiger partial charge in [0, 0.05) is 16.7 Å². The van der Waals surface area contributed by atoms with Gasteiger partial charge >= 0.3 is 0 Å². The Labute approximate surface area is 105 Å². The number of benzene rings is 1. The van der Waals surface area contributed by atoms with Crippen molar-refractivity contribution in [3.63, 3.8) is 0 Å². The molecular formula is C13H14N2OS. The Morgan fingerprint density at radius 1 is 1.47 bits per heavy atom. The van der Waals surface area contributed by atoms with Crippen molar-refractivity contribution in [2.75, 3.05) is 5.75 Å². The highest BCUT2D eigenvalue weighted by atomic mass is 32.2. The predicted molar refractivity (Wildman–Crippen MR) is 70.8 cm³/mol. The Bertz CT molecular complexity index is 494. The molecule has 0 spiro atoms. The molecule has 2 aromatic rings. The molecule has 0 aliphatic rings. The van der Waals surface area contributed by atoms with Crippen molar-refractivity contribution in [1.29, 1.82) is 0 Å². The van der Waals surface area contributed by atoms with E-state index in [9.17, 15) is 0 Å². The first-order valence-corrected chi connectivity index (χ1v) is 6.29. The molecule has 0 saturated heterocycles. The van der Waals surface area contributed by atoms with Crippen LogP contribution in [-0.4, -0.2) is 16.0 Å². The van der Waals surface area contributed by atoms with E-state index >= 15 is 0 Å². The minimum absolute atomic E-state index is 0.647. The van der Waals surface area contributed by atoms with Crippen molar-refractivity contribution in [3.8, 4) is 11.6 Å². The van der Waals surface area contributed by atoms with Gasteiger partial charge in [0.2, 0.25) is 5.88 Å². The molecule has 3 nitrogen and oxygen atoms in total. The van der Waals surface area contributed by atoms with Gasteiger partial charge < -0.3 is 4.74 Å². The summed E-state index contributed by atoms with van der Waals surface area (Å²) in [5.41, 5.74) is 1.24. The maximum atomic E-state index is 5.64. The second-order valence-electron chi connectivity index (χ2n) is 3.55. The van der Waals surface area contributed by atoms with Crippen molar-refractivity contribution < 1.29 is 4.74 Å². The molecular weight excluding hydrogens is 232 g/mol. The molecule has 1 heterocycles. The van der Waals surface area contributed by atoms with E-state index in [-0.39, 0.29) is 0 Å². The van der Waals surface area contributed by atoms with Gasteiger partial charge in [-0.2, -0.15) is 5.10 Å². The van der Waals surface area contributed by atoms with E-state index in [4.69, 9.17) is 4.74 Å². The Hall–Kier alpha value is -1.68. The molecule has 1 aromatic carbocycles. The Morgan fingerprint density at radius 2 is 2.35 bits per heavy atom. The fraction of sp³-hybridized carbons (Fsp3) is 0.154. The van der Waals surface area contributed by atoms with Gasteiger partial charge in [-0.15, -0.1) is 18.3 Å². The summed E-state index contributed by atoms with van der Waals surface area (Å²) >= 11 is 1.75. The number of rotatable bonds is 5. The summed E-state index contributed by atoms with van der Waals surface area (Å²) in [6.45, 7) is 5.81. The number of hydrogen-bond acceptors (Lipinski definition) is 3. The van der Waals surface area contributed by atoms with Crippen LogP contribution in [-0.2, 0) is 0 Å². The van der Waals surface area contributed by atoms with Gasteiger partial charge in [-0.05, 0) is 24.6 Å². The molecule has 0 fully saturated rings. The average molecular weight is 246 g/mol. The second kappa shape index (κ2) is 5.59. The third-order valence-corrected chi connectivity index (χ3v) is 3.37. The van der Waals surface area contributed by atoms with Crippen LogP contribution in [0.1, 0.15) is 5.56 Å². The average Bonchev–Trinajstić information content (AvgIpc) is 2.82. The van der Waals surface area contributed by atoms with Crippen LogP contribution in [0.2, 0.25) is 0 Å². The SMILES string of the molecule is C=CCSc1cc(Oc2ccn[nH]2)ccc1C. The van der Waals surface area contributed by atoms with Gasteiger partial charge in [0.15, 0.2) is 0 Å². The van der Waals surface area contributed by atoms with Crippen LogP contribution in [0.15, 0.2) is 48.0 Å². The van der Waals surface area contributed by atoms with E-state index in [1.54, 1.807) is 24.0 Å². The summed E-state index contributed by atoms with van der Waals surface area (Å²) < 4.78 is 5.64. The first-order chi connectivity index (χ1) is 8.29. The lowest BCUT2D eigenvalue weighted by Gasteiger charge is -2.07. The fourth-order valence-electron chi connectivity index (χ4n) is 1.38. The van der Waals surface area contributed by atoms with Crippen molar-refractivity contribution >= 4 is 11.8 Å². The normalized spacial score (nSPS) is 10.2. The van der Waals surface area contributed by atoms with E-state index in [2.05, 4.69) is 29.8 Å². The second-order valence-corrected chi connectivity index (χ2v) is 4.61. The zero-order valence-corrected chi connectivity index (χ0v) is 10.5. The Kier molecular flexibility index (Phi) is 3.88. The van der Waals surface area contributed by atoms with Gasteiger partial charge in [-0.1, -0.05) is 12.1 Å². The number of aryl methyl sites for hydroxylation is 1. The number of aromatic amines is 1. The Balaban J connectivity index is 2.15. The van der Waals surface area contributed by atoms with Crippen molar-refractivity contribution in [2.24, 2.45) is 0 Å². The number of nitrogens with one attached hydrogen (secondary N) is 1. The molecule has 0 saturated carbocycles. The van der Waals surface area contributed by atoms with Crippen LogP contribution in [0.25, 0.3) is 0 Å². The summed E-state index contributed by atoms with van der Waals surface area (Å²) in [5.74, 6) is 2.36. The highest BCUT2D eigenvalue weighted by molar-refractivity contribution is 7.99. The van der Waals surface area contributed by atoms with Crippen LogP contribution in [0, 0.1) is 6.92 Å². The number of ether oxygens (including phenoxy) is 1. The van der Waals surface area contributed by atoms with Crippen LogP contribution >= 0.6 is 11.8 Å². The summed E-state index contributed by atoms with van der Waals surface area (Å²) in [7, 11) is 0. The minimum Gasteiger partial charge on any atom is -0.439 e. The Morgan fingerprint density at radius 3 is 3.06 bits per heavy atom. The van der Waals surface area contributed by atoms with Gasteiger partial charge in [0.1, 0.15) is 5.75 Å². The third kappa shape index (κ3) is 3.14. The highest BCUT2D eigenvalue weighted by Crippen LogP contribution is 2.28. The largest absolute Gasteiger partial charge is 0.439 e. The number of aromatic nitrogens is 2. The van der Waals surface area contributed by atoms with Crippen LogP contribution < -0.4 is 4.74 Å². The van der Waals surface area contributed by atoms with E-state index in [0.717, 1.165) is 11.5 Å². The summed E-state index contributed by atoms with van der Waals surface area (Å²) in [6, 6.07) is 7.83. The standard InChI is InChI=1S/C13H14N2OS/c1-3-8-17-12-9-11(5-4-10(12)2)16-13-6-7-14-15-13/h3-7,9H,1,8H2,2H3,(H,14,15). The number of H-pyrrole nitrogens is 1. The molecule has 0 bridgehead atoms. The van der Waals surface area contributed by atoms with E-state index in [1.165, 1.54) is 10.5 Å². The van der Waals surface area contributed by atoms with E-state index < -0.39 is 0 Å². The lowest BCUT2D eigenvalue weighted by molar-refractivity contribution is 0.460. The molecule has 0 aliphatic heterocycles. The molecule has 0 unspecified atom stereocenters. The summed E-state index contributed by atoms with van der Waals surface area (Å²) in [6.07, 6.45) is 3.56. The van der Waals surface area contributed by atoms with Gasteiger partial charge in [0.05, 0.1) is 6.20 Å². The lowest BCUT2D eigenvalue weighted by atomic mass is 10.2. The zero-order chi connectivity index (χ0) is 12.1. The van der Waals surface area contributed by atoms with Crippen LogP contribution in [0.5, 0.6) is 11.6 Å². The maximum Gasteiger partial charge on any atom is 0.215 e. The van der Waals surface area contributed by atoms with Crippen molar-refractivity contribution in [3.05, 3.63) is 48.7 Å². The molecule has 0 aliphatic carbocycles. The quantitative estimate of drug-likeness (QED) is 0.644. The van der Waals surface area contributed by atoms with Crippen LogP contribution in [0.4, 0.5) is 0 Å². The molecule has 0 radical (unpaired) electrons.